The van der Waals surface area contributed by atoms with E-state index in [1.807, 2.05) is 0 Å². The fourth-order valence-electron chi connectivity index (χ4n) is 3.93. The minimum absolute atomic E-state index is 0.104. The fraction of sp³-hybridized carbons (Fsp3) is 0.667. The molecular formula is C18H27ClN2O4S. The second-order valence-corrected chi connectivity index (χ2v) is 9.18. The van der Waals surface area contributed by atoms with Gasteiger partial charge in [0.1, 0.15) is 16.4 Å². The van der Waals surface area contributed by atoms with Crippen LogP contribution in [-0.4, -0.2) is 64.1 Å². The van der Waals surface area contributed by atoms with Crippen LogP contribution in [-0.2, 0) is 10.0 Å². The molecule has 1 saturated carbocycles. The molecule has 6 nitrogen and oxygen atoms in total. The van der Waals surface area contributed by atoms with Crippen LogP contribution in [0.4, 0.5) is 0 Å². The van der Waals surface area contributed by atoms with Crippen LogP contribution in [0, 0.1) is 0 Å². The van der Waals surface area contributed by atoms with Crippen molar-refractivity contribution < 1.29 is 17.9 Å². The summed E-state index contributed by atoms with van der Waals surface area (Å²) in [7, 11) is -0.757. The van der Waals surface area contributed by atoms with Gasteiger partial charge in [-0.2, -0.15) is 4.31 Å². The van der Waals surface area contributed by atoms with Gasteiger partial charge in [0.2, 0.25) is 10.0 Å². The van der Waals surface area contributed by atoms with E-state index in [9.17, 15) is 8.42 Å². The van der Waals surface area contributed by atoms with Crippen molar-refractivity contribution >= 4 is 21.6 Å². The molecule has 0 N–H and O–H groups in total. The Kier molecular flexibility index (Phi) is 6.33. The number of nitrogens with zero attached hydrogens (tertiary/aromatic N) is 2. The first-order valence-corrected chi connectivity index (χ1v) is 10.9. The number of piperazine rings is 1. The summed E-state index contributed by atoms with van der Waals surface area (Å²) in [5.74, 6) is 0.567. The van der Waals surface area contributed by atoms with Crippen molar-refractivity contribution in [1.29, 1.82) is 0 Å². The van der Waals surface area contributed by atoms with Crippen LogP contribution in [0.3, 0.4) is 0 Å². The van der Waals surface area contributed by atoms with Gasteiger partial charge in [-0.1, -0.05) is 30.9 Å². The van der Waals surface area contributed by atoms with Crippen molar-refractivity contribution in [3.05, 3.63) is 17.2 Å². The van der Waals surface area contributed by atoms with E-state index >= 15 is 0 Å². The third-order valence-corrected chi connectivity index (χ3v) is 7.64. The first kappa shape index (κ1) is 19.7. The van der Waals surface area contributed by atoms with Gasteiger partial charge >= 0.3 is 0 Å². The Bertz CT molecular complexity index is 727. The van der Waals surface area contributed by atoms with Gasteiger partial charge in [0.25, 0.3) is 0 Å². The van der Waals surface area contributed by atoms with E-state index < -0.39 is 10.0 Å². The summed E-state index contributed by atoms with van der Waals surface area (Å²) in [6, 6.07) is 3.55. The summed E-state index contributed by atoms with van der Waals surface area (Å²) in [5.41, 5.74) is 0. The van der Waals surface area contributed by atoms with E-state index in [-0.39, 0.29) is 10.6 Å². The summed E-state index contributed by atoms with van der Waals surface area (Å²) in [6.07, 6.45) is 6.35. The molecule has 0 aromatic heterocycles. The number of sulfonamides is 1. The Balaban J connectivity index is 1.77. The molecule has 0 spiro atoms. The summed E-state index contributed by atoms with van der Waals surface area (Å²) in [4.78, 5) is 2.55. The monoisotopic (exact) mass is 402 g/mol. The second kappa shape index (κ2) is 8.33. The molecule has 8 heteroatoms. The Morgan fingerprint density at radius 3 is 2.15 bits per heavy atom. The first-order chi connectivity index (χ1) is 12.5. The topological polar surface area (TPSA) is 59.1 Å². The van der Waals surface area contributed by atoms with Crippen LogP contribution >= 0.6 is 11.6 Å². The summed E-state index contributed by atoms with van der Waals surface area (Å²) < 4.78 is 38.3. The maximum Gasteiger partial charge on any atom is 0.246 e. The standard InChI is InChI=1S/C18H27ClN2O4S/c1-24-16-13-18(17(25-2)12-15(16)19)26(22,23)21-10-8-20(9-11-21)14-6-4-3-5-7-14/h12-14H,3-11H2,1-2H3. The fourth-order valence-corrected chi connectivity index (χ4v) is 5.73. The molecule has 0 bridgehead atoms. The Morgan fingerprint density at radius 2 is 1.58 bits per heavy atom. The van der Waals surface area contributed by atoms with Gasteiger partial charge in [-0.05, 0) is 12.8 Å². The van der Waals surface area contributed by atoms with E-state index in [1.165, 1.54) is 62.8 Å². The predicted molar refractivity (Wildman–Crippen MR) is 102 cm³/mol. The van der Waals surface area contributed by atoms with Crippen molar-refractivity contribution in [3.8, 4) is 11.5 Å². The molecule has 0 unspecified atom stereocenters. The van der Waals surface area contributed by atoms with Crippen LogP contribution in [0.2, 0.25) is 5.02 Å². The van der Waals surface area contributed by atoms with E-state index in [0.717, 1.165) is 13.1 Å². The summed E-state index contributed by atoms with van der Waals surface area (Å²) >= 11 is 6.10. The van der Waals surface area contributed by atoms with Gasteiger partial charge in [0.15, 0.2) is 0 Å². The first-order valence-electron chi connectivity index (χ1n) is 9.13. The molecule has 1 aromatic rings. The molecule has 2 aliphatic rings. The maximum atomic E-state index is 13.2. The van der Waals surface area contributed by atoms with Crippen molar-refractivity contribution in [2.45, 2.75) is 43.0 Å². The molecule has 2 fully saturated rings. The SMILES string of the molecule is COc1cc(S(=O)(=O)N2CCN(C3CCCCC3)CC2)c(OC)cc1Cl. The van der Waals surface area contributed by atoms with Crippen LogP contribution in [0.5, 0.6) is 11.5 Å². The number of hydrogen-bond acceptors (Lipinski definition) is 5. The van der Waals surface area contributed by atoms with Crippen LogP contribution in [0.15, 0.2) is 17.0 Å². The van der Waals surface area contributed by atoms with Crippen LogP contribution in [0.1, 0.15) is 32.1 Å². The number of benzene rings is 1. The quantitative estimate of drug-likeness (QED) is 0.757. The minimum Gasteiger partial charge on any atom is -0.495 e. The van der Waals surface area contributed by atoms with Gasteiger partial charge < -0.3 is 9.47 Å². The maximum absolute atomic E-state index is 13.2. The molecule has 1 aliphatic carbocycles. The smallest absolute Gasteiger partial charge is 0.246 e. The molecule has 1 saturated heterocycles. The van der Waals surface area contributed by atoms with E-state index in [4.69, 9.17) is 21.1 Å². The number of hydrogen-bond donors (Lipinski definition) is 0. The highest BCUT2D eigenvalue weighted by Crippen LogP contribution is 2.36. The lowest BCUT2D eigenvalue weighted by Crippen LogP contribution is -2.52. The third kappa shape index (κ3) is 3.96. The lowest BCUT2D eigenvalue weighted by atomic mass is 9.94. The highest BCUT2D eigenvalue weighted by molar-refractivity contribution is 7.89. The molecule has 1 heterocycles. The summed E-state index contributed by atoms with van der Waals surface area (Å²) in [6.45, 7) is 2.54. The van der Waals surface area contributed by atoms with E-state index in [2.05, 4.69) is 4.90 Å². The average molecular weight is 403 g/mol. The number of ether oxygens (including phenoxy) is 2. The highest BCUT2D eigenvalue weighted by atomic mass is 35.5. The van der Waals surface area contributed by atoms with E-state index in [1.54, 1.807) is 0 Å². The highest BCUT2D eigenvalue weighted by Gasteiger charge is 2.33. The third-order valence-electron chi connectivity index (χ3n) is 5.42. The summed E-state index contributed by atoms with van der Waals surface area (Å²) in [5, 5.41) is 0.324. The number of rotatable bonds is 5. The molecule has 26 heavy (non-hydrogen) atoms. The normalized spacial score (nSPS) is 20.9. The second-order valence-electron chi connectivity index (χ2n) is 6.87. The Hall–Kier alpha value is -1.02. The van der Waals surface area contributed by atoms with Crippen LogP contribution < -0.4 is 9.47 Å². The van der Waals surface area contributed by atoms with Gasteiger partial charge in [-0.25, -0.2) is 8.42 Å². The number of methoxy groups -OCH3 is 2. The van der Waals surface area contributed by atoms with Gasteiger partial charge in [0.05, 0.1) is 19.2 Å². The average Bonchev–Trinajstić information content (AvgIpc) is 2.68. The number of halogens is 1. The van der Waals surface area contributed by atoms with Crippen molar-refractivity contribution in [3.63, 3.8) is 0 Å². The largest absolute Gasteiger partial charge is 0.495 e. The molecule has 0 radical (unpaired) electrons. The molecule has 1 aliphatic heterocycles. The van der Waals surface area contributed by atoms with Gasteiger partial charge in [-0.3, -0.25) is 4.90 Å². The lowest BCUT2D eigenvalue weighted by molar-refractivity contribution is 0.111. The predicted octanol–water partition coefficient (Wildman–Crippen LogP) is 3.00. The zero-order valence-corrected chi connectivity index (χ0v) is 17.0. The van der Waals surface area contributed by atoms with Crippen molar-refractivity contribution in [2.75, 3.05) is 40.4 Å². The molecule has 0 atom stereocenters. The van der Waals surface area contributed by atoms with Gasteiger partial charge in [-0.15, -0.1) is 0 Å². The van der Waals surface area contributed by atoms with Gasteiger partial charge in [0, 0.05) is 44.4 Å². The van der Waals surface area contributed by atoms with Crippen molar-refractivity contribution in [1.82, 2.24) is 9.21 Å². The molecular weight excluding hydrogens is 376 g/mol. The van der Waals surface area contributed by atoms with E-state index in [0.29, 0.717) is 29.9 Å². The molecule has 3 rings (SSSR count). The van der Waals surface area contributed by atoms with Crippen molar-refractivity contribution in [2.24, 2.45) is 0 Å². The molecule has 1 aromatic carbocycles. The zero-order valence-electron chi connectivity index (χ0n) is 15.4. The molecule has 0 amide bonds. The zero-order chi connectivity index (χ0) is 18.7. The molecule has 146 valence electrons. The van der Waals surface area contributed by atoms with Crippen LogP contribution in [0.25, 0.3) is 0 Å². The lowest BCUT2D eigenvalue weighted by Gasteiger charge is -2.40. The minimum atomic E-state index is -3.67. The Morgan fingerprint density at radius 1 is 0.962 bits per heavy atom. The Labute approximate surface area is 161 Å².